The van der Waals surface area contributed by atoms with Crippen LogP contribution >= 0.6 is 39.1 Å². The highest BCUT2D eigenvalue weighted by molar-refractivity contribution is 9.10. The number of carbonyl (C=O) groups excluding carboxylic acids is 1. The van der Waals surface area contributed by atoms with Gasteiger partial charge in [0.2, 0.25) is 0 Å². The molecule has 3 rings (SSSR count). The van der Waals surface area contributed by atoms with Crippen LogP contribution in [-0.4, -0.2) is 13.0 Å². The highest BCUT2D eigenvalue weighted by Gasteiger charge is 2.16. The third kappa shape index (κ3) is 6.54. The average molecular weight is 560 g/mol. The van der Waals surface area contributed by atoms with Crippen LogP contribution in [0.1, 0.15) is 29.7 Å². The van der Waals surface area contributed by atoms with E-state index in [2.05, 4.69) is 21.2 Å². The summed E-state index contributed by atoms with van der Waals surface area (Å²) in [6, 6.07) is 19.9. The quantitative estimate of drug-likeness (QED) is 0.235. The molecule has 0 unspecified atom stereocenters. The molecule has 0 aromatic heterocycles. The summed E-state index contributed by atoms with van der Waals surface area (Å²) in [5, 5.41) is 13.4. The van der Waals surface area contributed by atoms with E-state index in [4.69, 9.17) is 32.7 Å². The van der Waals surface area contributed by atoms with Gasteiger partial charge in [-0.05, 0) is 54.0 Å². The molecule has 8 heteroatoms. The Hall–Kier alpha value is -2.98. The van der Waals surface area contributed by atoms with Gasteiger partial charge in [-0.1, -0.05) is 75.5 Å². The van der Waals surface area contributed by atoms with Crippen LogP contribution in [0.4, 0.5) is 0 Å². The maximum Gasteiger partial charge on any atom is 0.262 e. The number of nitrogens with zero attached hydrogens (tertiary/aromatic N) is 1. The van der Waals surface area contributed by atoms with Crippen molar-refractivity contribution in [3.05, 3.63) is 97.4 Å². The lowest BCUT2D eigenvalue weighted by Gasteiger charge is -2.15. The lowest BCUT2D eigenvalue weighted by Crippen LogP contribution is -2.27. The van der Waals surface area contributed by atoms with Gasteiger partial charge in [0.25, 0.3) is 5.91 Å². The Bertz CT molecular complexity index is 1260. The number of benzene rings is 3. The number of amides is 1. The topological polar surface area (TPSA) is 71.3 Å². The molecule has 174 valence electrons. The summed E-state index contributed by atoms with van der Waals surface area (Å²) in [6.45, 7) is 2.11. The highest BCUT2D eigenvalue weighted by atomic mass is 79.9. The molecular formula is C26H21BrCl2N2O3. The van der Waals surface area contributed by atoms with E-state index in [1.807, 2.05) is 49.4 Å². The third-order valence-electron chi connectivity index (χ3n) is 4.97. The van der Waals surface area contributed by atoms with Crippen LogP contribution in [0.25, 0.3) is 6.08 Å². The van der Waals surface area contributed by atoms with Crippen molar-refractivity contribution in [2.45, 2.75) is 19.6 Å². The molecule has 0 spiro atoms. The summed E-state index contributed by atoms with van der Waals surface area (Å²) >= 11 is 15.5. The second-order valence-electron chi connectivity index (χ2n) is 7.34. The van der Waals surface area contributed by atoms with Crippen LogP contribution in [0.2, 0.25) is 10.0 Å². The van der Waals surface area contributed by atoms with Gasteiger partial charge in [0.05, 0.1) is 23.2 Å². The molecule has 34 heavy (non-hydrogen) atoms. The molecule has 0 aliphatic rings. The number of carbonyl (C=O) groups is 1. The summed E-state index contributed by atoms with van der Waals surface area (Å²) in [5.74, 6) is 0.466. The normalized spacial score (nSPS) is 11.9. The fourth-order valence-electron chi connectivity index (χ4n) is 3.13. The van der Waals surface area contributed by atoms with E-state index in [0.717, 1.165) is 11.1 Å². The van der Waals surface area contributed by atoms with Gasteiger partial charge in [0.1, 0.15) is 18.2 Å². The Morgan fingerprint density at radius 2 is 1.85 bits per heavy atom. The summed E-state index contributed by atoms with van der Waals surface area (Å²) in [7, 11) is 1.52. The van der Waals surface area contributed by atoms with Crippen LogP contribution in [-0.2, 0) is 11.4 Å². The van der Waals surface area contributed by atoms with Crippen molar-refractivity contribution in [2.75, 3.05) is 7.11 Å². The molecule has 0 saturated heterocycles. The maximum atomic E-state index is 12.7. The van der Waals surface area contributed by atoms with Gasteiger partial charge < -0.3 is 14.8 Å². The molecule has 0 saturated carbocycles. The minimum Gasteiger partial charge on any atom is -0.493 e. The van der Waals surface area contributed by atoms with Gasteiger partial charge in [0, 0.05) is 4.47 Å². The van der Waals surface area contributed by atoms with Gasteiger partial charge in [-0.2, -0.15) is 5.26 Å². The minimum absolute atomic E-state index is 0.0324. The number of hydrogen-bond donors (Lipinski definition) is 1. The molecule has 3 aromatic rings. The summed E-state index contributed by atoms with van der Waals surface area (Å²) in [5.41, 5.74) is 2.35. The maximum absolute atomic E-state index is 12.7. The zero-order chi connectivity index (χ0) is 24.7. The van der Waals surface area contributed by atoms with Gasteiger partial charge in [0.15, 0.2) is 11.5 Å². The predicted molar refractivity (Wildman–Crippen MR) is 138 cm³/mol. The van der Waals surface area contributed by atoms with Crippen molar-refractivity contribution in [1.82, 2.24) is 5.32 Å². The van der Waals surface area contributed by atoms with Crippen molar-refractivity contribution >= 4 is 51.1 Å². The zero-order valence-corrected chi connectivity index (χ0v) is 21.5. The molecule has 1 atom stereocenters. The first-order valence-corrected chi connectivity index (χ1v) is 11.8. The fraction of sp³-hybridized carbons (Fsp3) is 0.154. The summed E-state index contributed by atoms with van der Waals surface area (Å²) in [4.78, 5) is 12.7. The Morgan fingerprint density at radius 3 is 2.50 bits per heavy atom. The first-order valence-electron chi connectivity index (χ1n) is 10.2. The van der Waals surface area contributed by atoms with Crippen molar-refractivity contribution < 1.29 is 14.3 Å². The fourth-order valence-corrected chi connectivity index (χ4v) is 3.89. The Morgan fingerprint density at radius 1 is 1.12 bits per heavy atom. The summed E-state index contributed by atoms with van der Waals surface area (Å²) in [6.07, 6.45) is 1.50. The molecule has 0 aliphatic heterocycles. The van der Waals surface area contributed by atoms with Gasteiger partial charge in [-0.15, -0.1) is 0 Å². The van der Waals surface area contributed by atoms with Crippen molar-refractivity contribution in [3.63, 3.8) is 0 Å². The third-order valence-corrected chi connectivity index (χ3v) is 6.40. The first kappa shape index (κ1) is 25.6. The second-order valence-corrected chi connectivity index (χ2v) is 9.01. The molecule has 1 amide bonds. The van der Waals surface area contributed by atoms with Crippen molar-refractivity contribution in [2.24, 2.45) is 0 Å². The standard InChI is InChI=1S/C26H21BrCl2N2O3/c1-16(18-6-4-3-5-7-18)31-26(32)20(14-30)11-19-12-24(33-2)25(13-21(19)27)34-15-17-8-9-22(28)23(29)10-17/h3-13,16H,15H2,1-2H3,(H,31,32)/b20-11-/t16-/m1/s1. The molecule has 0 fully saturated rings. The van der Waals surface area contributed by atoms with E-state index >= 15 is 0 Å². The van der Waals surface area contributed by atoms with E-state index in [0.29, 0.717) is 31.6 Å². The minimum atomic E-state index is -0.468. The van der Waals surface area contributed by atoms with Crippen LogP contribution < -0.4 is 14.8 Å². The van der Waals surface area contributed by atoms with Crippen molar-refractivity contribution in [1.29, 1.82) is 5.26 Å². The largest absolute Gasteiger partial charge is 0.493 e. The second kappa shape index (κ2) is 11.9. The smallest absolute Gasteiger partial charge is 0.262 e. The molecular weight excluding hydrogens is 539 g/mol. The number of nitrogens with one attached hydrogen (secondary N) is 1. The molecule has 0 radical (unpaired) electrons. The predicted octanol–water partition coefficient (Wildman–Crippen LogP) is 7.13. The molecule has 1 N–H and O–H groups in total. The number of hydrogen-bond acceptors (Lipinski definition) is 4. The SMILES string of the molecule is COc1cc(/C=C(/C#N)C(=O)N[C@H](C)c2ccccc2)c(Br)cc1OCc1ccc(Cl)c(Cl)c1. The highest BCUT2D eigenvalue weighted by Crippen LogP contribution is 2.35. The average Bonchev–Trinajstić information content (AvgIpc) is 2.84. The zero-order valence-electron chi connectivity index (χ0n) is 18.4. The van der Waals surface area contributed by atoms with Crippen LogP contribution in [0, 0.1) is 11.3 Å². The van der Waals surface area contributed by atoms with Crippen LogP contribution in [0.15, 0.2) is 70.7 Å². The van der Waals surface area contributed by atoms with E-state index in [-0.39, 0.29) is 18.2 Å². The Balaban J connectivity index is 1.79. The number of ether oxygens (including phenoxy) is 2. The molecule has 0 bridgehead atoms. The number of rotatable bonds is 8. The van der Waals surface area contributed by atoms with E-state index in [1.54, 1.807) is 24.3 Å². The lowest BCUT2D eigenvalue weighted by molar-refractivity contribution is -0.117. The van der Waals surface area contributed by atoms with Crippen molar-refractivity contribution in [3.8, 4) is 17.6 Å². The number of halogens is 3. The van der Waals surface area contributed by atoms with Gasteiger partial charge >= 0.3 is 0 Å². The molecule has 5 nitrogen and oxygen atoms in total. The van der Waals surface area contributed by atoms with E-state index < -0.39 is 5.91 Å². The Labute approximate surface area is 217 Å². The Kier molecular flexibility index (Phi) is 9.00. The molecule has 0 aliphatic carbocycles. The van der Waals surface area contributed by atoms with Crippen LogP contribution in [0.5, 0.6) is 11.5 Å². The number of nitriles is 1. The molecule has 0 heterocycles. The first-order chi connectivity index (χ1) is 16.3. The number of methoxy groups -OCH3 is 1. The van der Waals surface area contributed by atoms with E-state index in [9.17, 15) is 10.1 Å². The monoisotopic (exact) mass is 558 g/mol. The van der Waals surface area contributed by atoms with E-state index in [1.165, 1.54) is 13.2 Å². The van der Waals surface area contributed by atoms with Gasteiger partial charge in [-0.3, -0.25) is 4.79 Å². The lowest BCUT2D eigenvalue weighted by atomic mass is 10.1. The van der Waals surface area contributed by atoms with Crippen LogP contribution in [0.3, 0.4) is 0 Å². The van der Waals surface area contributed by atoms with Gasteiger partial charge in [-0.25, -0.2) is 0 Å². The molecule has 3 aromatic carbocycles. The summed E-state index contributed by atoms with van der Waals surface area (Å²) < 4.78 is 12.0.